The normalized spacial score (nSPS) is 11.8. The summed E-state index contributed by atoms with van der Waals surface area (Å²) in [4.78, 5) is 45.4. The van der Waals surface area contributed by atoms with E-state index in [2.05, 4.69) is 9.98 Å². The number of furan rings is 1. The van der Waals surface area contributed by atoms with Gasteiger partial charge in [0.2, 0.25) is 5.62 Å². The fourth-order valence-corrected chi connectivity index (χ4v) is 4.11. The van der Waals surface area contributed by atoms with Crippen LogP contribution in [0.4, 0.5) is 5.69 Å². The second kappa shape index (κ2) is 10.8. The van der Waals surface area contributed by atoms with Crippen molar-refractivity contribution in [3.05, 3.63) is 91.0 Å². The zero-order chi connectivity index (χ0) is 25.8. The van der Waals surface area contributed by atoms with Gasteiger partial charge in [0, 0.05) is 23.4 Å². The van der Waals surface area contributed by atoms with Crippen LogP contribution in [0.25, 0.3) is 11.0 Å². The van der Waals surface area contributed by atoms with E-state index in [9.17, 15) is 14.4 Å². The third-order valence-corrected chi connectivity index (χ3v) is 6.11. The van der Waals surface area contributed by atoms with Crippen molar-refractivity contribution in [2.45, 2.75) is 46.7 Å². The van der Waals surface area contributed by atoms with Crippen molar-refractivity contribution < 1.29 is 13.9 Å². The van der Waals surface area contributed by atoms with E-state index in [4.69, 9.17) is 20.8 Å². The Labute approximate surface area is 211 Å². The summed E-state index contributed by atoms with van der Waals surface area (Å²) in [6.07, 6.45) is 0.663. The molecule has 0 saturated carbocycles. The first-order valence-electron chi connectivity index (χ1n) is 11.7. The van der Waals surface area contributed by atoms with Gasteiger partial charge in [0.1, 0.15) is 11.3 Å². The summed E-state index contributed by atoms with van der Waals surface area (Å²) in [7, 11) is 0. The maximum absolute atomic E-state index is 13.4. The highest BCUT2D eigenvalue weighted by atomic mass is 35.5. The molecule has 0 aliphatic heterocycles. The smallest absolute Gasteiger partial charge is 0.335 e. The van der Waals surface area contributed by atoms with Crippen molar-refractivity contribution in [1.82, 2.24) is 14.1 Å². The maximum Gasteiger partial charge on any atom is 0.335 e. The number of nitrogens with one attached hydrogen (secondary N) is 1. The number of aromatic nitrogens is 3. The molecular weight excluding hydrogens is 484 g/mol. The molecule has 0 aliphatic rings. The van der Waals surface area contributed by atoms with Crippen molar-refractivity contribution in [2.24, 2.45) is 4.99 Å². The molecule has 0 unspecified atom stereocenters. The Morgan fingerprint density at radius 3 is 2.56 bits per heavy atom. The molecule has 4 aromatic rings. The Hall–Kier alpha value is -3.85. The maximum atomic E-state index is 13.4. The number of nitrogens with zero attached hydrogens (tertiary/aromatic N) is 3. The first-order valence-corrected chi connectivity index (χ1v) is 12.1. The van der Waals surface area contributed by atoms with Crippen LogP contribution in [0.2, 0.25) is 5.02 Å². The van der Waals surface area contributed by atoms with E-state index in [-0.39, 0.29) is 31.7 Å². The van der Waals surface area contributed by atoms with Gasteiger partial charge < -0.3 is 9.15 Å². The Bertz CT molecular complexity index is 1590. The van der Waals surface area contributed by atoms with E-state index in [0.717, 1.165) is 38.8 Å². The number of aryl methyl sites for hydroxylation is 2. The van der Waals surface area contributed by atoms with Crippen LogP contribution < -0.4 is 17.0 Å². The Kier molecular flexibility index (Phi) is 7.59. The monoisotopic (exact) mass is 510 g/mol. The zero-order valence-corrected chi connectivity index (χ0v) is 21.1. The lowest BCUT2D eigenvalue weighted by molar-refractivity contribution is -0.143. The van der Waals surface area contributed by atoms with Gasteiger partial charge in [0.05, 0.1) is 25.3 Å². The quantitative estimate of drug-likeness (QED) is 0.362. The molecule has 188 valence electrons. The third kappa shape index (κ3) is 5.36. The van der Waals surface area contributed by atoms with Crippen molar-refractivity contribution in [3.63, 3.8) is 0 Å². The lowest BCUT2D eigenvalue weighted by Crippen LogP contribution is -2.50. The van der Waals surface area contributed by atoms with E-state index in [1.165, 1.54) is 4.57 Å². The molecule has 2 aromatic heterocycles. The molecule has 0 spiro atoms. The summed E-state index contributed by atoms with van der Waals surface area (Å²) in [5.41, 5.74) is 1.95. The molecule has 10 heteroatoms. The number of halogens is 1. The van der Waals surface area contributed by atoms with Crippen LogP contribution in [0.3, 0.4) is 0 Å². The van der Waals surface area contributed by atoms with Crippen molar-refractivity contribution in [1.29, 1.82) is 0 Å². The number of benzene rings is 2. The number of hydrogen-bond donors (Lipinski definition) is 1. The van der Waals surface area contributed by atoms with Crippen LogP contribution in [0.15, 0.2) is 61.5 Å². The van der Waals surface area contributed by atoms with Crippen LogP contribution in [0, 0.1) is 6.92 Å². The lowest BCUT2D eigenvalue weighted by Gasteiger charge is -2.11. The molecule has 2 heterocycles. The highest BCUT2D eigenvalue weighted by Gasteiger charge is 2.13. The summed E-state index contributed by atoms with van der Waals surface area (Å²) in [5, 5.41) is 1.49. The lowest BCUT2D eigenvalue weighted by atomic mass is 10.1. The fraction of sp³-hybridized carbons (Fsp3) is 0.308. The minimum absolute atomic E-state index is 0.0866. The summed E-state index contributed by atoms with van der Waals surface area (Å²) in [6.45, 7) is 5.95. The molecule has 0 fully saturated rings. The van der Waals surface area contributed by atoms with Gasteiger partial charge >= 0.3 is 17.3 Å². The largest absolute Gasteiger partial charge is 0.466 e. The van der Waals surface area contributed by atoms with Gasteiger partial charge in [-0.2, -0.15) is 0 Å². The molecule has 9 nitrogen and oxygen atoms in total. The van der Waals surface area contributed by atoms with Crippen LogP contribution in [0.5, 0.6) is 0 Å². The predicted octanol–water partition coefficient (Wildman–Crippen LogP) is 3.84. The molecule has 4 rings (SSSR count). The fourth-order valence-electron chi connectivity index (χ4n) is 3.98. The number of hydrogen-bond acceptors (Lipinski definition) is 6. The third-order valence-electron chi connectivity index (χ3n) is 5.85. The van der Waals surface area contributed by atoms with E-state index < -0.39 is 17.3 Å². The molecule has 0 bridgehead atoms. The summed E-state index contributed by atoms with van der Waals surface area (Å²) < 4.78 is 13.1. The first kappa shape index (κ1) is 25.2. The van der Waals surface area contributed by atoms with Gasteiger partial charge in [-0.05, 0) is 55.3 Å². The Balaban J connectivity index is 1.84. The van der Waals surface area contributed by atoms with Gasteiger partial charge in [-0.3, -0.25) is 14.3 Å². The molecule has 0 saturated heterocycles. The van der Waals surface area contributed by atoms with E-state index in [1.54, 1.807) is 37.3 Å². The molecule has 0 atom stereocenters. The second-order valence-electron chi connectivity index (χ2n) is 8.25. The molecule has 0 aliphatic carbocycles. The summed E-state index contributed by atoms with van der Waals surface area (Å²) in [5.74, 6) is 0.412. The summed E-state index contributed by atoms with van der Waals surface area (Å²) >= 11 is 6.01. The van der Waals surface area contributed by atoms with Crippen LogP contribution in [0.1, 0.15) is 37.2 Å². The van der Waals surface area contributed by atoms with Crippen molar-refractivity contribution >= 4 is 34.2 Å². The number of H-pyrrole nitrogens is 1. The SMILES string of the molecule is CCOC(=O)CCn1c(=O)[nH]/c(=N\c2ccc3oc(CC)c(C)c3c2)n(Cc2ccc(Cl)cc2)c1=O. The number of carbonyl (C=O) groups excluding carboxylic acids is 1. The van der Waals surface area contributed by atoms with E-state index in [0.29, 0.717) is 10.7 Å². The number of aromatic amines is 1. The number of fused-ring (bicyclic) bond motifs is 1. The number of rotatable bonds is 8. The standard InChI is InChI=1S/C26H27ClN4O5/c1-4-21-16(3)20-14-19(10-11-22(20)36-21)28-24-29-25(33)30(13-12-23(32)35-5-2)26(34)31(24)15-17-6-8-18(27)9-7-17/h6-11,14H,4-5,12-13,15H2,1-3H3,(H,28,29,33). The summed E-state index contributed by atoms with van der Waals surface area (Å²) in [6, 6.07) is 12.5. The van der Waals surface area contributed by atoms with Crippen LogP contribution in [-0.2, 0) is 29.0 Å². The molecule has 36 heavy (non-hydrogen) atoms. The average Bonchev–Trinajstić information content (AvgIpc) is 3.17. The highest BCUT2D eigenvalue weighted by molar-refractivity contribution is 6.30. The molecular formula is C26H27ClN4O5. The van der Waals surface area contributed by atoms with Crippen LogP contribution in [-0.4, -0.2) is 26.7 Å². The topological polar surface area (TPSA) is 112 Å². The van der Waals surface area contributed by atoms with Gasteiger partial charge in [-0.1, -0.05) is 30.7 Å². The predicted molar refractivity (Wildman–Crippen MR) is 137 cm³/mol. The Morgan fingerprint density at radius 2 is 1.86 bits per heavy atom. The number of esters is 1. The molecule has 0 radical (unpaired) electrons. The number of ether oxygens (including phenoxy) is 1. The minimum Gasteiger partial charge on any atom is -0.466 e. The van der Waals surface area contributed by atoms with E-state index >= 15 is 0 Å². The second-order valence-corrected chi connectivity index (χ2v) is 8.69. The average molecular weight is 511 g/mol. The highest BCUT2D eigenvalue weighted by Crippen LogP contribution is 2.29. The molecule has 0 amide bonds. The molecule has 1 N–H and O–H groups in total. The minimum atomic E-state index is -0.663. The van der Waals surface area contributed by atoms with Gasteiger partial charge in [-0.25, -0.2) is 19.1 Å². The van der Waals surface area contributed by atoms with Gasteiger partial charge in [0.15, 0.2) is 0 Å². The van der Waals surface area contributed by atoms with Gasteiger partial charge in [-0.15, -0.1) is 0 Å². The van der Waals surface area contributed by atoms with E-state index in [1.807, 2.05) is 26.0 Å². The van der Waals surface area contributed by atoms with Gasteiger partial charge in [0.25, 0.3) is 0 Å². The molecule has 2 aromatic carbocycles. The van der Waals surface area contributed by atoms with Crippen molar-refractivity contribution in [3.8, 4) is 0 Å². The van der Waals surface area contributed by atoms with Crippen molar-refractivity contribution in [2.75, 3.05) is 6.61 Å². The Morgan fingerprint density at radius 1 is 1.11 bits per heavy atom. The van der Waals surface area contributed by atoms with Crippen LogP contribution >= 0.6 is 11.6 Å². The zero-order valence-electron chi connectivity index (χ0n) is 20.3. The number of carbonyl (C=O) groups is 1. The first-order chi connectivity index (χ1) is 17.3.